The molecule has 0 spiro atoms. The third kappa shape index (κ3) is 3.31. The molecule has 0 amide bonds. The van der Waals surface area contributed by atoms with Crippen molar-refractivity contribution in [2.24, 2.45) is 0 Å². The van der Waals surface area contributed by atoms with Crippen LogP contribution in [0, 0.1) is 0 Å². The minimum absolute atomic E-state index is 0.181. The molecular formula is C18H19N7OS. The monoisotopic (exact) mass is 381 g/mol. The maximum absolute atomic E-state index is 9.72. The minimum atomic E-state index is -0.181. The number of H-pyrrole nitrogens is 1. The van der Waals surface area contributed by atoms with Crippen LogP contribution >= 0.6 is 11.3 Å². The lowest BCUT2D eigenvalue weighted by Gasteiger charge is -2.26. The summed E-state index contributed by atoms with van der Waals surface area (Å²) in [5.74, 6) is 1.23. The number of imidazole rings is 1. The van der Waals surface area contributed by atoms with Crippen molar-refractivity contribution >= 4 is 50.2 Å². The number of aromatic amines is 1. The number of anilines is 3. The molecule has 1 saturated carbocycles. The van der Waals surface area contributed by atoms with E-state index in [9.17, 15) is 5.11 Å². The Morgan fingerprint density at radius 3 is 2.89 bits per heavy atom. The summed E-state index contributed by atoms with van der Waals surface area (Å²) in [6.07, 6.45) is 4.92. The summed E-state index contributed by atoms with van der Waals surface area (Å²) < 4.78 is 1.11. The second-order valence-corrected chi connectivity index (χ2v) is 7.69. The maximum atomic E-state index is 9.72. The van der Waals surface area contributed by atoms with Crippen LogP contribution < -0.4 is 10.6 Å². The van der Waals surface area contributed by atoms with Crippen LogP contribution in [0.2, 0.25) is 0 Å². The number of nitrogens with zero attached hydrogens (tertiary/aromatic N) is 4. The topological polar surface area (TPSA) is 112 Å². The van der Waals surface area contributed by atoms with Crippen molar-refractivity contribution in [3.8, 4) is 0 Å². The summed E-state index contributed by atoms with van der Waals surface area (Å²) in [5, 5.41) is 16.5. The maximum Gasteiger partial charge on any atom is 0.231 e. The lowest BCUT2D eigenvalue weighted by Crippen LogP contribution is -2.28. The quantitative estimate of drug-likeness (QED) is 0.428. The van der Waals surface area contributed by atoms with E-state index in [1.807, 2.05) is 23.7 Å². The second kappa shape index (κ2) is 6.75. The van der Waals surface area contributed by atoms with Gasteiger partial charge in [-0.25, -0.2) is 9.97 Å². The molecule has 4 aromatic rings. The summed E-state index contributed by atoms with van der Waals surface area (Å²) in [6, 6.07) is 6.28. The standard InChI is InChI=1S/C18H19N7OS/c26-12-4-1-10(2-5-12)22-17-15-16(20-8-19-15)24-18(25-17)23-11-3-6-13-14(7-11)27-9-21-13/h3,6-10,12,26H,1-2,4-5H2,(H3,19,20,22,23,24,25). The third-order valence-electron chi connectivity index (χ3n) is 4.91. The Morgan fingerprint density at radius 1 is 1.11 bits per heavy atom. The van der Waals surface area contributed by atoms with Gasteiger partial charge in [-0.2, -0.15) is 9.97 Å². The smallest absolute Gasteiger partial charge is 0.231 e. The molecule has 8 nitrogen and oxygen atoms in total. The van der Waals surface area contributed by atoms with Crippen molar-refractivity contribution in [2.45, 2.75) is 37.8 Å². The molecule has 0 saturated heterocycles. The zero-order chi connectivity index (χ0) is 18.2. The molecule has 5 rings (SSSR count). The molecule has 0 bridgehead atoms. The molecule has 27 heavy (non-hydrogen) atoms. The van der Waals surface area contributed by atoms with Crippen LogP contribution in [-0.4, -0.2) is 42.2 Å². The molecule has 0 unspecified atom stereocenters. The minimum Gasteiger partial charge on any atom is -0.393 e. The van der Waals surface area contributed by atoms with E-state index in [1.54, 1.807) is 17.7 Å². The van der Waals surface area contributed by atoms with Gasteiger partial charge in [-0.05, 0) is 43.9 Å². The first-order valence-electron chi connectivity index (χ1n) is 9.00. The molecule has 1 aliphatic carbocycles. The first-order chi connectivity index (χ1) is 13.2. The zero-order valence-electron chi connectivity index (χ0n) is 14.5. The molecule has 1 aliphatic rings. The van der Waals surface area contributed by atoms with Crippen LogP contribution in [-0.2, 0) is 0 Å². The average molecular weight is 381 g/mol. The molecule has 9 heteroatoms. The van der Waals surface area contributed by atoms with Crippen LogP contribution in [0.4, 0.5) is 17.5 Å². The highest BCUT2D eigenvalue weighted by molar-refractivity contribution is 7.16. The van der Waals surface area contributed by atoms with Gasteiger partial charge in [0.15, 0.2) is 11.5 Å². The highest BCUT2D eigenvalue weighted by Crippen LogP contribution is 2.27. The molecular weight excluding hydrogens is 362 g/mol. The van der Waals surface area contributed by atoms with E-state index in [2.05, 4.69) is 35.6 Å². The van der Waals surface area contributed by atoms with Gasteiger partial charge in [-0.3, -0.25) is 0 Å². The summed E-state index contributed by atoms with van der Waals surface area (Å²) >= 11 is 1.60. The van der Waals surface area contributed by atoms with Crippen LogP contribution in [0.3, 0.4) is 0 Å². The molecule has 0 atom stereocenters. The van der Waals surface area contributed by atoms with E-state index >= 15 is 0 Å². The predicted molar refractivity (Wildman–Crippen MR) is 106 cm³/mol. The molecule has 1 aromatic carbocycles. The summed E-state index contributed by atoms with van der Waals surface area (Å²) in [6.45, 7) is 0. The van der Waals surface area contributed by atoms with Gasteiger partial charge in [0.2, 0.25) is 5.95 Å². The zero-order valence-corrected chi connectivity index (χ0v) is 15.3. The summed E-state index contributed by atoms with van der Waals surface area (Å²) in [7, 11) is 0. The molecule has 0 radical (unpaired) electrons. The molecule has 3 heterocycles. The van der Waals surface area contributed by atoms with Gasteiger partial charge in [-0.15, -0.1) is 11.3 Å². The van der Waals surface area contributed by atoms with E-state index in [0.29, 0.717) is 11.6 Å². The number of rotatable bonds is 4. The summed E-state index contributed by atoms with van der Waals surface area (Å²) in [5.41, 5.74) is 5.14. The molecule has 1 fully saturated rings. The Balaban J connectivity index is 1.44. The summed E-state index contributed by atoms with van der Waals surface area (Å²) in [4.78, 5) is 20.9. The van der Waals surface area contributed by atoms with E-state index in [4.69, 9.17) is 0 Å². The van der Waals surface area contributed by atoms with E-state index in [-0.39, 0.29) is 12.1 Å². The van der Waals surface area contributed by atoms with Crippen molar-refractivity contribution in [3.63, 3.8) is 0 Å². The first-order valence-corrected chi connectivity index (χ1v) is 9.88. The van der Waals surface area contributed by atoms with Crippen LogP contribution in [0.5, 0.6) is 0 Å². The first kappa shape index (κ1) is 16.4. The fraction of sp³-hybridized carbons (Fsp3) is 0.333. The molecule has 138 valence electrons. The van der Waals surface area contributed by atoms with Crippen molar-refractivity contribution in [1.82, 2.24) is 24.9 Å². The van der Waals surface area contributed by atoms with Crippen molar-refractivity contribution in [1.29, 1.82) is 0 Å². The number of benzene rings is 1. The van der Waals surface area contributed by atoms with Gasteiger partial charge in [-0.1, -0.05) is 0 Å². The Labute approximate surface area is 159 Å². The largest absolute Gasteiger partial charge is 0.393 e. The Hall–Kier alpha value is -2.78. The van der Waals surface area contributed by atoms with E-state index in [1.165, 1.54) is 0 Å². The Morgan fingerprint density at radius 2 is 2.00 bits per heavy atom. The SMILES string of the molecule is OC1CCC(Nc2nc(Nc3ccc4ncsc4c3)nc3nc[nH]c23)CC1. The van der Waals surface area contributed by atoms with E-state index < -0.39 is 0 Å². The average Bonchev–Trinajstić information content (AvgIpc) is 3.32. The van der Waals surface area contributed by atoms with Gasteiger partial charge >= 0.3 is 0 Å². The van der Waals surface area contributed by atoms with Gasteiger partial charge < -0.3 is 20.7 Å². The normalized spacial score (nSPS) is 20.2. The fourth-order valence-corrected chi connectivity index (χ4v) is 4.19. The van der Waals surface area contributed by atoms with Crippen molar-refractivity contribution in [3.05, 3.63) is 30.0 Å². The highest BCUT2D eigenvalue weighted by atomic mass is 32.1. The number of fused-ring (bicyclic) bond motifs is 2. The number of hydrogen-bond donors (Lipinski definition) is 4. The fourth-order valence-electron chi connectivity index (χ4n) is 3.47. The molecule has 3 aromatic heterocycles. The van der Waals surface area contributed by atoms with Crippen LogP contribution in [0.15, 0.2) is 30.0 Å². The van der Waals surface area contributed by atoms with Crippen molar-refractivity contribution < 1.29 is 5.11 Å². The van der Waals surface area contributed by atoms with Gasteiger partial charge in [0.05, 0.1) is 28.2 Å². The number of aliphatic hydroxyl groups excluding tert-OH is 1. The predicted octanol–water partition coefficient (Wildman–Crippen LogP) is 3.42. The Kier molecular flexibility index (Phi) is 4.10. The van der Waals surface area contributed by atoms with Crippen LogP contribution in [0.25, 0.3) is 21.4 Å². The lowest BCUT2D eigenvalue weighted by atomic mass is 9.93. The lowest BCUT2D eigenvalue weighted by molar-refractivity contribution is 0.126. The second-order valence-electron chi connectivity index (χ2n) is 6.81. The molecule has 0 aliphatic heterocycles. The highest BCUT2D eigenvalue weighted by Gasteiger charge is 2.21. The Bertz CT molecular complexity index is 1080. The third-order valence-corrected chi connectivity index (χ3v) is 5.70. The van der Waals surface area contributed by atoms with Gasteiger partial charge in [0.1, 0.15) is 5.52 Å². The van der Waals surface area contributed by atoms with Crippen LogP contribution in [0.1, 0.15) is 25.7 Å². The number of hydrogen-bond acceptors (Lipinski definition) is 8. The van der Waals surface area contributed by atoms with Crippen molar-refractivity contribution in [2.75, 3.05) is 10.6 Å². The molecule has 4 N–H and O–H groups in total. The van der Waals surface area contributed by atoms with Gasteiger partial charge in [0.25, 0.3) is 0 Å². The number of thiazole rings is 1. The number of nitrogens with one attached hydrogen (secondary N) is 3. The number of aromatic nitrogens is 5. The number of aliphatic hydroxyl groups is 1. The van der Waals surface area contributed by atoms with Gasteiger partial charge in [0, 0.05) is 11.7 Å². The van der Waals surface area contributed by atoms with E-state index in [0.717, 1.165) is 52.9 Å².